The first-order chi connectivity index (χ1) is 27.8. The van der Waals surface area contributed by atoms with Crippen molar-refractivity contribution >= 4 is 53.7 Å². The maximum Gasteiger partial charge on any atom is 0.242 e. The van der Waals surface area contributed by atoms with Gasteiger partial charge >= 0.3 is 0 Å². The fraction of sp³-hybridized carbons (Fsp3) is 0.850. The van der Waals surface area contributed by atoms with Crippen molar-refractivity contribution in [3.63, 3.8) is 0 Å². The predicted molar refractivity (Wildman–Crippen MR) is 232 cm³/mol. The second-order valence-corrected chi connectivity index (χ2v) is 18.1. The summed E-state index contributed by atoms with van der Waals surface area (Å²) in [7, 11) is 0. The van der Waals surface area contributed by atoms with Crippen LogP contribution in [-0.4, -0.2) is 126 Å². The van der Waals surface area contributed by atoms with Gasteiger partial charge in [0.2, 0.25) is 35.4 Å². The zero-order valence-electron chi connectivity index (χ0n) is 35.8. The largest absolute Gasteiger partial charge is 0.801 e. The predicted octanol–water partition coefficient (Wildman–Crippen LogP) is 2.72. The molecule has 0 spiro atoms. The van der Waals surface area contributed by atoms with E-state index in [0.29, 0.717) is 52.7 Å². The molecule has 0 aliphatic heterocycles. The van der Waals surface area contributed by atoms with Crippen molar-refractivity contribution in [1.82, 2.24) is 31.9 Å². The molecule has 346 valence electrons. The summed E-state index contributed by atoms with van der Waals surface area (Å²) in [6, 6.07) is -2.08. The van der Waals surface area contributed by atoms with Crippen LogP contribution < -0.4 is 36.8 Å². The lowest BCUT2D eigenvalue weighted by Gasteiger charge is -2.31. The molecular weight excluding hydrogens is 804 g/mol. The maximum absolute atomic E-state index is 13.2. The average Bonchev–Trinajstić information content (AvgIpc) is 3.18. The Morgan fingerprint density at radius 2 is 0.932 bits per heavy atom. The van der Waals surface area contributed by atoms with Crippen LogP contribution in [-0.2, 0) is 59.3 Å². The molecule has 6 amide bonds. The Kier molecular flexibility index (Phi) is 37.8. The minimum atomic E-state index is -2.98. The van der Waals surface area contributed by atoms with Gasteiger partial charge in [0.15, 0.2) is 0 Å². The lowest BCUT2D eigenvalue weighted by molar-refractivity contribution is -0.184. The van der Waals surface area contributed by atoms with Crippen molar-refractivity contribution in [1.29, 1.82) is 0 Å². The Bertz CT molecular complexity index is 1220. The Balaban J connectivity index is 0. The molecule has 0 aromatic rings. The van der Waals surface area contributed by atoms with E-state index in [2.05, 4.69) is 31.9 Å². The van der Waals surface area contributed by atoms with Crippen LogP contribution in [0.4, 0.5) is 0 Å². The minimum Gasteiger partial charge on any atom is -0.801 e. The average molecular weight is 882 g/mol. The molecule has 6 N–H and O–H groups in total. The van der Waals surface area contributed by atoms with Gasteiger partial charge in [-0.15, -0.1) is 0 Å². The number of carbonyl (C=O) groups excluding carboxylic acids is 6. The summed E-state index contributed by atoms with van der Waals surface area (Å²) >= 11 is 5.01. The molecule has 17 nitrogen and oxygen atoms in total. The van der Waals surface area contributed by atoms with E-state index in [1.54, 1.807) is 13.8 Å². The van der Waals surface area contributed by atoms with E-state index in [4.69, 9.17) is 30.5 Å². The minimum absolute atomic E-state index is 0. The van der Waals surface area contributed by atoms with Crippen molar-refractivity contribution in [3.8, 4) is 0 Å². The smallest absolute Gasteiger partial charge is 0.242 e. The number of nitrogens with one attached hydrogen (secondary N) is 6. The van der Waals surface area contributed by atoms with Gasteiger partial charge in [0.25, 0.3) is 0 Å². The van der Waals surface area contributed by atoms with Gasteiger partial charge in [0, 0.05) is 71.7 Å². The first kappa shape index (κ1) is 58.4. The van der Waals surface area contributed by atoms with Crippen molar-refractivity contribution in [2.45, 2.75) is 150 Å². The highest BCUT2D eigenvalue weighted by Gasteiger charge is 2.25. The third-order valence-corrected chi connectivity index (χ3v) is 11.8. The van der Waals surface area contributed by atoms with Gasteiger partial charge in [-0.25, -0.2) is 0 Å². The van der Waals surface area contributed by atoms with Crippen LogP contribution in [0.15, 0.2) is 0 Å². The summed E-state index contributed by atoms with van der Waals surface area (Å²) in [4.78, 5) is 89.1. The summed E-state index contributed by atoms with van der Waals surface area (Å²) in [5.74, 6) is -2.44. The lowest BCUT2D eigenvalue weighted by atomic mass is 10.1. The summed E-state index contributed by atoms with van der Waals surface area (Å²) in [6.07, 6.45) is 5.85. The van der Waals surface area contributed by atoms with Gasteiger partial charge < -0.3 is 55.5 Å². The number of hydrogen-bond donors (Lipinski definition) is 6. The summed E-state index contributed by atoms with van der Waals surface area (Å²) in [6.45, 7) is 10.7. The van der Waals surface area contributed by atoms with E-state index < -0.39 is 42.2 Å². The Morgan fingerprint density at radius 1 is 0.525 bits per heavy atom. The van der Waals surface area contributed by atoms with Crippen LogP contribution in [0.5, 0.6) is 0 Å². The monoisotopic (exact) mass is 882 g/mol. The molecular formula is C40H78N6O11PS-. The molecule has 0 saturated heterocycles. The van der Waals surface area contributed by atoms with Gasteiger partial charge in [-0.3, -0.25) is 28.8 Å². The zero-order chi connectivity index (χ0) is 43.4. The topological polar surface area (TPSA) is 235 Å². The van der Waals surface area contributed by atoms with E-state index >= 15 is 0 Å². The Labute approximate surface area is 359 Å². The van der Waals surface area contributed by atoms with Crippen LogP contribution in [0.3, 0.4) is 0 Å². The van der Waals surface area contributed by atoms with E-state index in [9.17, 15) is 33.7 Å². The van der Waals surface area contributed by atoms with Crippen LogP contribution in [0.2, 0.25) is 0 Å². The van der Waals surface area contributed by atoms with E-state index in [1.807, 2.05) is 20.8 Å². The molecule has 0 aromatic carbocycles. The first-order valence-electron chi connectivity index (χ1n) is 21.1. The Morgan fingerprint density at radius 3 is 1.42 bits per heavy atom. The van der Waals surface area contributed by atoms with Crippen molar-refractivity contribution in [2.75, 3.05) is 72.4 Å². The first-order valence-corrected chi connectivity index (χ1v) is 23.8. The van der Waals surface area contributed by atoms with Gasteiger partial charge in [-0.1, -0.05) is 66.7 Å². The summed E-state index contributed by atoms with van der Waals surface area (Å²) in [5, 5.41) is 16.4. The third kappa shape index (κ3) is 33.7. The number of carbonyl (C=O) groups is 6. The van der Waals surface area contributed by atoms with Crippen molar-refractivity contribution in [2.24, 2.45) is 0 Å². The van der Waals surface area contributed by atoms with E-state index in [-0.39, 0.29) is 89.5 Å². The molecule has 0 bridgehead atoms. The number of rotatable bonds is 38. The molecule has 0 aliphatic rings. The van der Waals surface area contributed by atoms with Crippen molar-refractivity contribution in [3.05, 3.63) is 0 Å². The molecule has 59 heavy (non-hydrogen) atoms. The summed E-state index contributed by atoms with van der Waals surface area (Å²) in [5.41, 5.74) is -0.189. The molecule has 0 saturated carbocycles. The summed E-state index contributed by atoms with van der Waals surface area (Å²) < 4.78 is 21.6. The fourth-order valence-electron chi connectivity index (χ4n) is 5.10. The van der Waals surface area contributed by atoms with E-state index in [0.717, 1.165) is 44.9 Å². The lowest BCUT2D eigenvalue weighted by Crippen LogP contribution is -2.50. The molecule has 0 fully saturated rings. The highest BCUT2D eigenvalue weighted by atomic mass is 32.5. The highest BCUT2D eigenvalue weighted by molar-refractivity contribution is 8.09. The number of hydrogen-bond acceptors (Lipinski definition) is 12. The van der Waals surface area contributed by atoms with Gasteiger partial charge in [0.1, 0.15) is 12.1 Å². The van der Waals surface area contributed by atoms with Gasteiger partial charge in [-0.05, 0) is 63.5 Å². The number of ether oxygens (including phenoxy) is 3. The quantitative estimate of drug-likeness (QED) is 0.0388. The molecule has 0 rings (SSSR count). The number of unbranched alkanes of at least 4 members (excludes halogenated alkanes) is 3. The molecule has 0 radical (unpaired) electrons. The molecule has 0 aromatic heterocycles. The second-order valence-electron chi connectivity index (χ2n) is 14.2. The molecule has 0 aliphatic carbocycles. The Hall–Kier alpha value is -2.73. The zero-order valence-corrected chi connectivity index (χ0v) is 37.5. The molecule has 3 unspecified atom stereocenters. The molecule has 3 atom stereocenters. The maximum atomic E-state index is 13.2. The van der Waals surface area contributed by atoms with Gasteiger partial charge in [0.05, 0.1) is 26.4 Å². The van der Waals surface area contributed by atoms with Crippen LogP contribution in [0.25, 0.3) is 0 Å². The van der Waals surface area contributed by atoms with Crippen LogP contribution in [0.1, 0.15) is 132 Å². The van der Waals surface area contributed by atoms with Crippen molar-refractivity contribution < 1.29 is 52.4 Å². The van der Waals surface area contributed by atoms with E-state index in [1.165, 1.54) is 0 Å². The van der Waals surface area contributed by atoms with Crippen LogP contribution in [0, 0.1) is 0 Å². The standard InChI is InChI=1S/C39H75N6O11PS.CH4/c1-6-24-53-28-21-41-35(47)18-16-32(38(50)42-22-29-54-25-7-2)45-37(49)19-17-33(39(51)43-23-30-55-26-8-3)44-36(48)15-13-14-34(46)40-20-11-9-10-12-27-56-57(52,58)31(4)5;/h31-33H,6-30H2,1-5H3,(H,40,46)(H,41,47)(H,42,50)(H,43,51)(H,44,48)(H,45,49)(H,52,58);1H4/p-1. The van der Waals surface area contributed by atoms with Crippen LogP contribution >= 0.6 is 6.49 Å². The molecule has 19 heteroatoms. The normalized spacial score (nSPS) is 13.0. The fourth-order valence-corrected chi connectivity index (χ4v) is 6.00. The SMILES string of the molecule is C.CCCOCCNC(=O)CCC(NC(=O)CCC(NC(=O)CCCC(=O)NCCCCCCOP([O-])(=S)C(C)C)C(=O)NCCOCCC)C(=O)NCCOCCC. The van der Waals surface area contributed by atoms with Gasteiger partial charge in [-0.2, -0.15) is 0 Å². The third-order valence-electron chi connectivity index (χ3n) is 8.43. The second kappa shape index (κ2) is 38.2. The highest BCUT2D eigenvalue weighted by Crippen LogP contribution is 2.42. The number of amides is 6. The molecule has 0 heterocycles.